The molecule has 2 aromatic heterocycles. The molecule has 2 aromatic rings. The number of rotatable bonds is 2. The molecule has 1 spiro atoms. The van der Waals surface area contributed by atoms with Crippen LogP contribution >= 0.6 is 11.6 Å². The third-order valence-electron chi connectivity index (χ3n) is 6.37. The summed E-state index contributed by atoms with van der Waals surface area (Å²) in [5, 5.41) is 8.57. The minimum absolute atomic E-state index is 0.130. The maximum atomic E-state index is 6.48. The molecule has 0 bridgehead atoms. The molecule has 3 heterocycles. The summed E-state index contributed by atoms with van der Waals surface area (Å²) in [7, 11) is 1.97. The van der Waals surface area contributed by atoms with E-state index in [4.69, 9.17) is 16.6 Å². The summed E-state index contributed by atoms with van der Waals surface area (Å²) in [5.41, 5.74) is 3.56. The molecule has 1 saturated heterocycles. The molecule has 5 nitrogen and oxygen atoms in total. The van der Waals surface area contributed by atoms with Crippen LogP contribution in [-0.2, 0) is 17.9 Å². The van der Waals surface area contributed by atoms with Gasteiger partial charge in [0.05, 0.1) is 16.4 Å². The minimum Gasteiger partial charge on any atom is -0.317 e. The van der Waals surface area contributed by atoms with E-state index in [-0.39, 0.29) is 10.8 Å². The smallest absolute Gasteiger partial charge is 0.138 e. The molecule has 1 aliphatic carbocycles. The van der Waals surface area contributed by atoms with E-state index in [1.807, 2.05) is 18.7 Å². The lowest BCUT2D eigenvalue weighted by Crippen LogP contribution is -2.40. The molecule has 1 N–H and O–H groups in total. The van der Waals surface area contributed by atoms with Gasteiger partial charge in [0.2, 0.25) is 0 Å². The zero-order valence-electron chi connectivity index (χ0n) is 15.4. The van der Waals surface area contributed by atoms with Gasteiger partial charge >= 0.3 is 0 Å². The zero-order chi connectivity index (χ0) is 17.8. The van der Waals surface area contributed by atoms with Crippen molar-refractivity contribution < 1.29 is 0 Å². The predicted octanol–water partition coefficient (Wildman–Crippen LogP) is 3.26. The van der Waals surface area contributed by atoms with Gasteiger partial charge in [-0.2, -0.15) is 5.10 Å². The van der Waals surface area contributed by atoms with E-state index >= 15 is 0 Å². The van der Waals surface area contributed by atoms with Gasteiger partial charge in [-0.1, -0.05) is 25.4 Å². The number of aromatic nitrogens is 4. The summed E-state index contributed by atoms with van der Waals surface area (Å²) in [6.45, 7) is 8.68. The van der Waals surface area contributed by atoms with Gasteiger partial charge in [-0.05, 0) is 56.8 Å². The molecule has 134 valence electrons. The second kappa shape index (κ2) is 5.78. The first kappa shape index (κ1) is 17.0. The minimum atomic E-state index is -0.130. The lowest BCUT2D eigenvalue weighted by molar-refractivity contribution is 0.255. The fourth-order valence-corrected chi connectivity index (χ4v) is 5.07. The van der Waals surface area contributed by atoms with E-state index in [0.717, 1.165) is 48.9 Å². The lowest BCUT2D eigenvalue weighted by atomic mass is 9.70. The number of nitrogens with zero attached hydrogens (tertiary/aromatic N) is 4. The molecule has 0 amide bonds. The maximum Gasteiger partial charge on any atom is 0.138 e. The van der Waals surface area contributed by atoms with E-state index in [9.17, 15) is 0 Å². The van der Waals surface area contributed by atoms with Gasteiger partial charge in [-0.3, -0.25) is 9.67 Å². The molecular formula is C19H26ClN5. The van der Waals surface area contributed by atoms with Crippen molar-refractivity contribution in [3.8, 4) is 0 Å². The van der Waals surface area contributed by atoms with Crippen molar-refractivity contribution >= 4 is 11.6 Å². The quantitative estimate of drug-likeness (QED) is 0.894. The number of piperidine rings is 1. The Morgan fingerprint density at radius 2 is 2.04 bits per heavy atom. The summed E-state index contributed by atoms with van der Waals surface area (Å²) in [6.07, 6.45) is 5.03. The van der Waals surface area contributed by atoms with E-state index in [1.54, 1.807) is 6.33 Å². The maximum absolute atomic E-state index is 6.48. The van der Waals surface area contributed by atoms with Gasteiger partial charge in [0, 0.05) is 17.9 Å². The Bertz CT molecular complexity index is 804. The van der Waals surface area contributed by atoms with Crippen molar-refractivity contribution in [2.45, 2.75) is 56.8 Å². The lowest BCUT2D eigenvalue weighted by Gasteiger charge is -2.36. The van der Waals surface area contributed by atoms with Crippen LogP contribution in [0.2, 0.25) is 5.02 Å². The number of fused-ring (bicyclic) bond motifs is 2. The largest absolute Gasteiger partial charge is 0.317 e. The van der Waals surface area contributed by atoms with Gasteiger partial charge < -0.3 is 5.32 Å². The molecule has 1 atom stereocenters. The molecule has 1 unspecified atom stereocenters. The van der Waals surface area contributed by atoms with Crippen LogP contribution in [0.4, 0.5) is 0 Å². The van der Waals surface area contributed by atoms with Crippen LogP contribution in [0.1, 0.15) is 61.8 Å². The zero-order valence-corrected chi connectivity index (χ0v) is 16.2. The molecule has 0 radical (unpaired) electrons. The second-order valence-electron chi connectivity index (χ2n) is 8.21. The Labute approximate surface area is 154 Å². The standard InChI is InChI=1S/C19H26ClN5/c1-12-15(20)9-13-14(18(2,3)17-22-11-23-25(17)4)10-19(16(13)24-12)5-7-21-8-6-19/h9,11,14,21H,5-8,10H2,1-4H3. The highest BCUT2D eigenvalue weighted by Gasteiger charge is 2.51. The molecule has 0 aromatic carbocycles. The van der Waals surface area contributed by atoms with E-state index in [0.29, 0.717) is 5.92 Å². The molecule has 1 fully saturated rings. The summed E-state index contributed by atoms with van der Waals surface area (Å²) >= 11 is 6.48. The van der Waals surface area contributed by atoms with Crippen LogP contribution in [0, 0.1) is 6.92 Å². The van der Waals surface area contributed by atoms with Crippen molar-refractivity contribution in [3.05, 3.63) is 40.2 Å². The Morgan fingerprint density at radius 1 is 1.32 bits per heavy atom. The van der Waals surface area contributed by atoms with Gasteiger partial charge in [0.1, 0.15) is 12.2 Å². The normalized spacial score (nSPS) is 22.4. The number of halogens is 1. The van der Waals surface area contributed by atoms with Crippen LogP contribution < -0.4 is 5.32 Å². The summed E-state index contributed by atoms with van der Waals surface area (Å²) in [6, 6.07) is 2.17. The van der Waals surface area contributed by atoms with Crippen LogP contribution in [-0.4, -0.2) is 32.8 Å². The average Bonchev–Trinajstić information content (AvgIpc) is 3.13. The van der Waals surface area contributed by atoms with E-state index in [2.05, 4.69) is 35.3 Å². The Hall–Kier alpha value is -1.46. The first-order chi connectivity index (χ1) is 11.8. The summed E-state index contributed by atoms with van der Waals surface area (Å²) in [5.74, 6) is 1.36. The van der Waals surface area contributed by atoms with E-state index in [1.165, 1.54) is 11.3 Å². The highest BCUT2D eigenvalue weighted by molar-refractivity contribution is 6.31. The molecule has 6 heteroatoms. The molecule has 4 rings (SSSR count). The molecule has 0 saturated carbocycles. The van der Waals surface area contributed by atoms with Crippen molar-refractivity contribution in [2.75, 3.05) is 13.1 Å². The van der Waals surface area contributed by atoms with Crippen molar-refractivity contribution in [1.29, 1.82) is 0 Å². The van der Waals surface area contributed by atoms with Gasteiger partial charge in [-0.15, -0.1) is 0 Å². The summed E-state index contributed by atoms with van der Waals surface area (Å²) < 4.78 is 1.90. The molecule has 25 heavy (non-hydrogen) atoms. The molecule has 2 aliphatic rings. The number of pyridine rings is 1. The van der Waals surface area contributed by atoms with Crippen LogP contribution in [0.25, 0.3) is 0 Å². The highest BCUT2D eigenvalue weighted by atomic mass is 35.5. The monoisotopic (exact) mass is 359 g/mol. The molecular weight excluding hydrogens is 334 g/mol. The first-order valence-corrected chi connectivity index (χ1v) is 9.46. The van der Waals surface area contributed by atoms with Gasteiger partial charge in [0.25, 0.3) is 0 Å². The number of hydrogen-bond donors (Lipinski definition) is 1. The number of hydrogen-bond acceptors (Lipinski definition) is 4. The summed E-state index contributed by atoms with van der Waals surface area (Å²) in [4.78, 5) is 9.56. The average molecular weight is 360 g/mol. The topological polar surface area (TPSA) is 55.6 Å². The fraction of sp³-hybridized carbons (Fsp3) is 0.632. The van der Waals surface area contributed by atoms with Crippen molar-refractivity contribution in [2.24, 2.45) is 7.05 Å². The van der Waals surface area contributed by atoms with Gasteiger partial charge in [0.15, 0.2) is 0 Å². The number of nitrogens with one attached hydrogen (secondary N) is 1. The highest BCUT2D eigenvalue weighted by Crippen LogP contribution is 2.56. The number of aryl methyl sites for hydroxylation is 2. The first-order valence-electron chi connectivity index (χ1n) is 9.08. The third-order valence-corrected chi connectivity index (χ3v) is 6.76. The third kappa shape index (κ3) is 2.51. The predicted molar refractivity (Wildman–Crippen MR) is 99.2 cm³/mol. The van der Waals surface area contributed by atoms with Crippen molar-refractivity contribution in [1.82, 2.24) is 25.1 Å². The fourth-order valence-electron chi connectivity index (χ4n) is 4.91. The van der Waals surface area contributed by atoms with Gasteiger partial charge in [-0.25, -0.2) is 4.98 Å². The van der Waals surface area contributed by atoms with Crippen molar-refractivity contribution in [3.63, 3.8) is 0 Å². The Kier molecular flexibility index (Phi) is 3.92. The van der Waals surface area contributed by atoms with E-state index < -0.39 is 0 Å². The SMILES string of the molecule is Cc1nc2c(cc1Cl)C(C(C)(C)c1ncnn1C)CC21CCNCC1. The Balaban J connectivity index is 1.86. The second-order valence-corrected chi connectivity index (χ2v) is 8.62. The van der Waals surface area contributed by atoms with Crippen LogP contribution in [0.3, 0.4) is 0 Å². The Morgan fingerprint density at radius 3 is 2.68 bits per heavy atom. The van der Waals surface area contributed by atoms with Crippen LogP contribution in [0.15, 0.2) is 12.4 Å². The van der Waals surface area contributed by atoms with Crippen LogP contribution in [0.5, 0.6) is 0 Å². The molecule has 1 aliphatic heterocycles.